The first-order chi connectivity index (χ1) is 13.0. The van der Waals surface area contributed by atoms with Crippen LogP contribution in [0.15, 0.2) is 29.6 Å². The van der Waals surface area contributed by atoms with Crippen molar-refractivity contribution in [1.29, 1.82) is 0 Å². The predicted molar refractivity (Wildman–Crippen MR) is 93.4 cm³/mol. The second kappa shape index (κ2) is 7.09. The highest BCUT2D eigenvalue weighted by Gasteiger charge is 2.43. The molecule has 8 heteroatoms. The molecule has 1 aromatic rings. The van der Waals surface area contributed by atoms with Crippen LogP contribution in [0.4, 0.5) is 8.78 Å². The van der Waals surface area contributed by atoms with E-state index >= 15 is 0 Å². The Kier molecular flexibility index (Phi) is 4.77. The molecule has 6 nitrogen and oxygen atoms in total. The van der Waals surface area contributed by atoms with Gasteiger partial charge in [0.1, 0.15) is 17.8 Å². The van der Waals surface area contributed by atoms with Gasteiger partial charge < -0.3 is 20.5 Å². The van der Waals surface area contributed by atoms with Gasteiger partial charge in [-0.05, 0) is 25.8 Å². The van der Waals surface area contributed by atoms with Gasteiger partial charge in [0.15, 0.2) is 0 Å². The number of hydrogen-bond acceptors (Lipinski definition) is 5. The third kappa shape index (κ3) is 3.27. The SMILES string of the molecule is Cc1ccc(F)c([C@@H]2NC3=C(C[C@@H]2F)C(=O)N(C2CCOCC2)C(O)N3)c1. The van der Waals surface area contributed by atoms with Gasteiger partial charge in [-0.1, -0.05) is 17.7 Å². The lowest BCUT2D eigenvalue weighted by Gasteiger charge is -2.44. The second-order valence-corrected chi connectivity index (χ2v) is 7.29. The molecule has 1 amide bonds. The minimum Gasteiger partial charge on any atom is -0.381 e. The third-order valence-corrected chi connectivity index (χ3v) is 5.46. The molecule has 3 aliphatic heterocycles. The molecular weight excluding hydrogens is 356 g/mol. The molecule has 0 saturated carbocycles. The average Bonchev–Trinajstić information content (AvgIpc) is 2.65. The van der Waals surface area contributed by atoms with Crippen LogP contribution in [0.1, 0.15) is 36.4 Å². The molecule has 0 aliphatic carbocycles. The smallest absolute Gasteiger partial charge is 0.257 e. The Hall–Kier alpha value is -2.19. The number of rotatable bonds is 2. The summed E-state index contributed by atoms with van der Waals surface area (Å²) in [4.78, 5) is 14.3. The quantitative estimate of drug-likeness (QED) is 0.728. The van der Waals surface area contributed by atoms with E-state index in [0.717, 1.165) is 5.56 Å². The largest absolute Gasteiger partial charge is 0.381 e. The van der Waals surface area contributed by atoms with E-state index in [2.05, 4.69) is 10.6 Å². The molecule has 1 fully saturated rings. The zero-order valence-electron chi connectivity index (χ0n) is 15.0. The third-order valence-electron chi connectivity index (χ3n) is 5.46. The van der Waals surface area contributed by atoms with Gasteiger partial charge in [0.2, 0.25) is 6.35 Å². The van der Waals surface area contributed by atoms with Gasteiger partial charge in [-0.25, -0.2) is 8.78 Å². The van der Waals surface area contributed by atoms with Gasteiger partial charge in [0, 0.05) is 31.2 Å². The second-order valence-electron chi connectivity index (χ2n) is 7.29. The fourth-order valence-corrected chi connectivity index (χ4v) is 4.04. The number of aliphatic hydroxyl groups is 1. The van der Waals surface area contributed by atoms with E-state index in [0.29, 0.717) is 26.1 Å². The lowest BCUT2D eigenvalue weighted by molar-refractivity contribution is -0.151. The molecule has 27 heavy (non-hydrogen) atoms. The zero-order chi connectivity index (χ0) is 19.1. The Morgan fingerprint density at radius 1 is 1.26 bits per heavy atom. The molecule has 3 aliphatic rings. The highest BCUT2D eigenvalue weighted by atomic mass is 19.1. The van der Waals surface area contributed by atoms with Gasteiger partial charge >= 0.3 is 0 Å². The molecule has 1 aromatic carbocycles. The summed E-state index contributed by atoms with van der Waals surface area (Å²) in [5.74, 6) is -0.617. The number of nitrogens with zero attached hydrogens (tertiary/aromatic N) is 1. The van der Waals surface area contributed by atoms with Crippen LogP contribution in [0.2, 0.25) is 0 Å². The first-order valence-electron chi connectivity index (χ1n) is 9.20. The Bertz CT molecular complexity index is 779. The molecule has 146 valence electrons. The highest BCUT2D eigenvalue weighted by Crippen LogP contribution is 2.35. The number of nitrogens with one attached hydrogen (secondary N) is 2. The van der Waals surface area contributed by atoms with Crippen LogP contribution in [-0.4, -0.2) is 47.7 Å². The van der Waals surface area contributed by atoms with E-state index in [1.54, 1.807) is 12.1 Å². The standard InChI is InChI=1S/C19H23F2N3O3/c1-10-2-3-14(20)12(8-10)16-15(21)9-13-17(22-16)23-19(26)24(18(13)25)11-4-6-27-7-5-11/h2-3,8,11,15-16,19,22-23,26H,4-7,9H2,1H3/t15-,16-,19?/m0/s1. The maximum Gasteiger partial charge on any atom is 0.257 e. The minimum absolute atomic E-state index is 0.140. The van der Waals surface area contributed by atoms with E-state index < -0.39 is 24.4 Å². The Balaban J connectivity index is 1.61. The van der Waals surface area contributed by atoms with E-state index in [4.69, 9.17) is 4.74 Å². The summed E-state index contributed by atoms with van der Waals surface area (Å²) in [6, 6.07) is 3.45. The number of halogens is 2. The van der Waals surface area contributed by atoms with Crippen LogP contribution < -0.4 is 10.6 Å². The minimum atomic E-state index is -1.46. The van der Waals surface area contributed by atoms with Crippen molar-refractivity contribution in [2.45, 2.75) is 50.8 Å². The Morgan fingerprint density at radius 3 is 2.74 bits per heavy atom. The predicted octanol–water partition coefficient (Wildman–Crippen LogP) is 1.60. The van der Waals surface area contributed by atoms with Crippen LogP contribution in [0, 0.1) is 12.7 Å². The number of amides is 1. The number of ether oxygens (including phenoxy) is 1. The van der Waals surface area contributed by atoms with Gasteiger partial charge in [0.25, 0.3) is 5.91 Å². The van der Waals surface area contributed by atoms with E-state index in [1.165, 1.54) is 11.0 Å². The average molecular weight is 379 g/mol. The molecule has 3 heterocycles. The van der Waals surface area contributed by atoms with E-state index in [1.807, 2.05) is 6.92 Å². The molecule has 0 aromatic heterocycles. The van der Waals surface area contributed by atoms with Crippen molar-refractivity contribution in [2.75, 3.05) is 13.2 Å². The van der Waals surface area contributed by atoms with Crippen molar-refractivity contribution in [3.63, 3.8) is 0 Å². The van der Waals surface area contributed by atoms with E-state index in [9.17, 15) is 18.7 Å². The van der Waals surface area contributed by atoms with Gasteiger partial charge in [-0.2, -0.15) is 0 Å². The van der Waals surface area contributed by atoms with Crippen molar-refractivity contribution >= 4 is 5.91 Å². The van der Waals surface area contributed by atoms with Gasteiger partial charge in [0.05, 0.1) is 11.6 Å². The highest BCUT2D eigenvalue weighted by molar-refractivity contribution is 5.95. The molecule has 1 unspecified atom stereocenters. The summed E-state index contributed by atoms with van der Waals surface area (Å²) in [6.07, 6.45) is -1.57. The maximum atomic E-state index is 14.9. The van der Waals surface area contributed by atoms with Crippen molar-refractivity contribution < 1.29 is 23.4 Å². The fraction of sp³-hybridized carbons (Fsp3) is 0.526. The lowest BCUT2D eigenvalue weighted by atomic mass is 9.90. The molecule has 0 radical (unpaired) electrons. The Morgan fingerprint density at radius 2 is 2.00 bits per heavy atom. The Labute approximate surface area is 156 Å². The molecule has 3 atom stereocenters. The first kappa shape index (κ1) is 18.2. The normalized spacial score (nSPS) is 29.3. The number of carbonyl (C=O) groups excluding carboxylic acids is 1. The van der Waals surface area contributed by atoms with Crippen LogP contribution in [0.25, 0.3) is 0 Å². The zero-order valence-corrected chi connectivity index (χ0v) is 15.0. The van der Waals surface area contributed by atoms with Crippen LogP contribution in [0.3, 0.4) is 0 Å². The van der Waals surface area contributed by atoms with Crippen molar-refractivity contribution in [3.05, 3.63) is 46.5 Å². The first-order valence-corrected chi connectivity index (χ1v) is 9.20. The summed E-state index contributed by atoms with van der Waals surface area (Å²) < 4.78 is 34.5. The van der Waals surface area contributed by atoms with Crippen molar-refractivity contribution in [2.24, 2.45) is 0 Å². The number of alkyl halides is 1. The lowest BCUT2D eigenvalue weighted by Crippen LogP contribution is -2.61. The van der Waals surface area contributed by atoms with Crippen molar-refractivity contribution in [3.8, 4) is 0 Å². The number of aliphatic hydroxyl groups excluding tert-OH is 1. The summed E-state index contributed by atoms with van der Waals surface area (Å²) >= 11 is 0. The fourth-order valence-electron chi connectivity index (χ4n) is 4.04. The van der Waals surface area contributed by atoms with Crippen LogP contribution in [0.5, 0.6) is 0 Å². The summed E-state index contributed by atoms with van der Waals surface area (Å²) in [6.45, 7) is 2.85. The van der Waals surface area contributed by atoms with Crippen LogP contribution >= 0.6 is 0 Å². The van der Waals surface area contributed by atoms with Crippen molar-refractivity contribution in [1.82, 2.24) is 15.5 Å². The topological polar surface area (TPSA) is 73.8 Å². The van der Waals surface area contributed by atoms with E-state index in [-0.39, 0.29) is 35.3 Å². The summed E-state index contributed by atoms with van der Waals surface area (Å²) in [5.41, 5.74) is 1.28. The monoisotopic (exact) mass is 379 g/mol. The molecule has 0 bridgehead atoms. The van der Waals surface area contributed by atoms with Gasteiger partial charge in [-0.15, -0.1) is 0 Å². The molecular formula is C19H23F2N3O3. The molecule has 0 spiro atoms. The number of carbonyl (C=O) groups is 1. The van der Waals surface area contributed by atoms with Gasteiger partial charge in [-0.3, -0.25) is 9.69 Å². The molecule has 1 saturated heterocycles. The molecule has 3 N–H and O–H groups in total. The summed E-state index contributed by atoms with van der Waals surface area (Å²) in [7, 11) is 0. The summed E-state index contributed by atoms with van der Waals surface area (Å²) in [5, 5.41) is 16.2. The number of hydrogen-bond donors (Lipinski definition) is 3. The number of benzene rings is 1. The number of aryl methyl sites for hydroxylation is 1. The maximum absolute atomic E-state index is 14.9. The molecule has 4 rings (SSSR count). The van der Waals surface area contributed by atoms with Crippen LogP contribution in [-0.2, 0) is 9.53 Å².